The molecule has 0 saturated carbocycles. The van der Waals surface area contributed by atoms with E-state index in [1.165, 1.54) is 12.1 Å². The van der Waals surface area contributed by atoms with Crippen molar-refractivity contribution >= 4 is 22.2 Å². The first-order valence-electron chi connectivity index (χ1n) is 6.09. The van der Waals surface area contributed by atoms with Crippen molar-refractivity contribution < 1.29 is 18.3 Å². The Hall–Kier alpha value is -2.39. The van der Waals surface area contributed by atoms with Gasteiger partial charge in [-0.2, -0.15) is 18.2 Å². The first-order chi connectivity index (χ1) is 10.0. The summed E-state index contributed by atoms with van der Waals surface area (Å²) in [6, 6.07) is 3.76. The van der Waals surface area contributed by atoms with Gasteiger partial charge in [0.25, 0.3) is 0 Å². The molecule has 1 aliphatic heterocycles. The molecule has 9 heteroatoms. The lowest BCUT2D eigenvalue weighted by Crippen LogP contribution is -2.30. The molecule has 0 aliphatic carbocycles. The molecule has 0 radical (unpaired) electrons. The molecule has 3 N–H and O–H groups in total. The van der Waals surface area contributed by atoms with Crippen molar-refractivity contribution in [2.24, 2.45) is 0 Å². The van der Waals surface area contributed by atoms with Gasteiger partial charge in [-0.3, -0.25) is 9.40 Å². The number of hydrogen-bond acceptors (Lipinski definition) is 5. The minimum Gasteiger partial charge on any atom is -0.506 e. The Morgan fingerprint density at radius 3 is 2.81 bits per heavy atom. The molecule has 2 heterocycles. The van der Waals surface area contributed by atoms with Crippen molar-refractivity contribution in [1.82, 2.24) is 14.9 Å². The zero-order valence-corrected chi connectivity index (χ0v) is 11.5. The molecule has 0 bridgehead atoms. The quantitative estimate of drug-likeness (QED) is 0.691. The minimum absolute atomic E-state index is 0.0613. The van der Waals surface area contributed by atoms with Crippen molar-refractivity contribution in [3.8, 4) is 16.9 Å². The Morgan fingerprint density at radius 1 is 1.38 bits per heavy atom. The number of rotatable bonds is 3. The number of aromatic hydroxyl groups is 1. The summed E-state index contributed by atoms with van der Waals surface area (Å²) in [6.07, 6.45) is 3.76. The second-order valence-corrected chi connectivity index (χ2v) is 6.21. The fourth-order valence-corrected chi connectivity index (χ4v) is 3.58. The average molecular weight is 308 g/mol. The SMILES string of the molecule is O=CC1CN(c2cc(-c3cn[nH]c3)ccc2O)S(=O)(=O)N1. The number of aromatic amines is 1. The number of anilines is 1. The highest BCUT2D eigenvalue weighted by atomic mass is 32.2. The maximum absolute atomic E-state index is 12.0. The number of phenolic OH excluding ortho intramolecular Hbond substituents is 1. The van der Waals surface area contributed by atoms with Crippen LogP contribution >= 0.6 is 0 Å². The van der Waals surface area contributed by atoms with Gasteiger partial charge in [0, 0.05) is 11.8 Å². The molecule has 110 valence electrons. The first-order valence-corrected chi connectivity index (χ1v) is 7.53. The zero-order chi connectivity index (χ0) is 15.0. The lowest BCUT2D eigenvalue weighted by molar-refractivity contribution is -0.108. The molecule has 1 aromatic carbocycles. The number of aldehydes is 1. The molecule has 1 aliphatic rings. The predicted molar refractivity (Wildman–Crippen MR) is 74.9 cm³/mol. The van der Waals surface area contributed by atoms with E-state index in [9.17, 15) is 18.3 Å². The van der Waals surface area contributed by atoms with E-state index < -0.39 is 16.3 Å². The normalized spacial score (nSPS) is 20.6. The van der Waals surface area contributed by atoms with Crippen LogP contribution < -0.4 is 9.03 Å². The van der Waals surface area contributed by atoms with Gasteiger partial charge in [0.1, 0.15) is 12.0 Å². The van der Waals surface area contributed by atoms with Crippen LogP contribution in [0.5, 0.6) is 5.75 Å². The maximum atomic E-state index is 12.0. The number of phenols is 1. The molecule has 1 saturated heterocycles. The molecule has 1 atom stereocenters. The van der Waals surface area contributed by atoms with E-state index in [2.05, 4.69) is 14.9 Å². The van der Waals surface area contributed by atoms with Crippen molar-refractivity contribution in [3.05, 3.63) is 30.6 Å². The van der Waals surface area contributed by atoms with Crippen molar-refractivity contribution in [2.75, 3.05) is 10.8 Å². The van der Waals surface area contributed by atoms with E-state index in [1.807, 2.05) is 0 Å². The number of carbonyl (C=O) groups excluding carboxylic acids is 1. The number of benzene rings is 1. The molecule has 3 rings (SSSR count). The Morgan fingerprint density at radius 2 is 2.19 bits per heavy atom. The number of H-pyrrole nitrogens is 1. The summed E-state index contributed by atoms with van der Waals surface area (Å²) < 4.78 is 27.2. The molecule has 2 aromatic rings. The summed E-state index contributed by atoms with van der Waals surface area (Å²) in [5, 5.41) is 16.4. The summed E-state index contributed by atoms with van der Waals surface area (Å²) in [5.41, 5.74) is 1.57. The fourth-order valence-electron chi connectivity index (χ4n) is 2.18. The first kappa shape index (κ1) is 13.6. The van der Waals surface area contributed by atoms with Gasteiger partial charge in [-0.25, -0.2) is 0 Å². The minimum atomic E-state index is -3.84. The van der Waals surface area contributed by atoms with Crippen molar-refractivity contribution in [2.45, 2.75) is 6.04 Å². The van der Waals surface area contributed by atoms with Gasteiger partial charge in [-0.1, -0.05) is 6.07 Å². The molecule has 1 aromatic heterocycles. The van der Waals surface area contributed by atoms with Gasteiger partial charge >= 0.3 is 10.2 Å². The Labute approximate surface area is 120 Å². The third-order valence-corrected chi connectivity index (χ3v) is 4.72. The van der Waals surface area contributed by atoms with Crippen LogP contribution in [-0.2, 0) is 15.0 Å². The Bertz CT molecular complexity index is 773. The highest BCUT2D eigenvalue weighted by Gasteiger charge is 2.36. The molecule has 8 nitrogen and oxygen atoms in total. The summed E-state index contributed by atoms with van der Waals surface area (Å²) >= 11 is 0. The highest BCUT2D eigenvalue weighted by Crippen LogP contribution is 2.34. The number of hydrogen-bond donors (Lipinski definition) is 3. The van der Waals surface area contributed by atoms with Crippen molar-refractivity contribution in [3.63, 3.8) is 0 Å². The number of aromatic nitrogens is 2. The van der Waals surface area contributed by atoms with Gasteiger partial charge in [0.15, 0.2) is 0 Å². The van der Waals surface area contributed by atoms with Gasteiger partial charge < -0.3 is 9.90 Å². The van der Waals surface area contributed by atoms with Crippen LogP contribution in [0.1, 0.15) is 0 Å². The summed E-state index contributed by atoms with van der Waals surface area (Å²) in [7, 11) is -3.84. The summed E-state index contributed by atoms with van der Waals surface area (Å²) in [4.78, 5) is 10.8. The molecule has 21 heavy (non-hydrogen) atoms. The van der Waals surface area contributed by atoms with Crippen LogP contribution in [-0.4, -0.2) is 42.6 Å². The number of nitrogens with one attached hydrogen (secondary N) is 2. The van der Waals surface area contributed by atoms with Crippen LogP contribution in [0.3, 0.4) is 0 Å². The van der Waals surface area contributed by atoms with E-state index in [4.69, 9.17) is 0 Å². The lowest BCUT2D eigenvalue weighted by Gasteiger charge is -2.18. The van der Waals surface area contributed by atoms with E-state index in [-0.39, 0.29) is 18.0 Å². The smallest absolute Gasteiger partial charge is 0.302 e. The van der Waals surface area contributed by atoms with Gasteiger partial charge in [0.05, 0.1) is 24.5 Å². The van der Waals surface area contributed by atoms with Crippen LogP contribution in [0.15, 0.2) is 30.6 Å². The topological polar surface area (TPSA) is 115 Å². The van der Waals surface area contributed by atoms with E-state index in [0.29, 0.717) is 11.8 Å². The Balaban J connectivity index is 2.06. The average Bonchev–Trinajstić information content (AvgIpc) is 3.07. The number of carbonyl (C=O) groups is 1. The lowest BCUT2D eigenvalue weighted by atomic mass is 10.1. The van der Waals surface area contributed by atoms with Crippen LogP contribution in [0.4, 0.5) is 5.69 Å². The third kappa shape index (κ3) is 2.36. The highest BCUT2D eigenvalue weighted by molar-refractivity contribution is 7.91. The van der Waals surface area contributed by atoms with E-state index in [1.54, 1.807) is 18.5 Å². The number of nitrogens with zero attached hydrogens (tertiary/aromatic N) is 2. The second-order valence-electron chi connectivity index (χ2n) is 4.59. The van der Waals surface area contributed by atoms with Crippen molar-refractivity contribution in [1.29, 1.82) is 0 Å². The summed E-state index contributed by atoms with van der Waals surface area (Å²) in [5.74, 6) is -0.181. The van der Waals surface area contributed by atoms with Crippen LogP contribution in [0.25, 0.3) is 11.1 Å². The standard InChI is InChI=1S/C12H12N4O4S/c17-7-10-6-16(21(19,20)15-10)11-3-8(1-2-12(11)18)9-4-13-14-5-9/h1-5,7,10,15,18H,6H2,(H,13,14). The largest absolute Gasteiger partial charge is 0.506 e. The molecular formula is C12H12N4O4S. The van der Waals surface area contributed by atoms with Gasteiger partial charge in [-0.15, -0.1) is 0 Å². The predicted octanol–water partition coefficient (Wildman–Crippen LogP) is 0.00420. The molecule has 1 unspecified atom stereocenters. The van der Waals surface area contributed by atoms with Crippen LogP contribution in [0.2, 0.25) is 0 Å². The second kappa shape index (κ2) is 4.86. The monoisotopic (exact) mass is 308 g/mol. The maximum Gasteiger partial charge on any atom is 0.302 e. The fraction of sp³-hybridized carbons (Fsp3) is 0.167. The third-order valence-electron chi connectivity index (χ3n) is 3.19. The molecule has 1 fully saturated rings. The van der Waals surface area contributed by atoms with Gasteiger partial charge in [0.2, 0.25) is 0 Å². The summed E-state index contributed by atoms with van der Waals surface area (Å²) in [6.45, 7) is -0.0613. The zero-order valence-electron chi connectivity index (χ0n) is 10.7. The van der Waals surface area contributed by atoms with E-state index >= 15 is 0 Å². The van der Waals surface area contributed by atoms with Crippen LogP contribution in [0, 0.1) is 0 Å². The van der Waals surface area contributed by atoms with E-state index in [0.717, 1.165) is 9.87 Å². The molecular weight excluding hydrogens is 296 g/mol. The Kier molecular flexibility index (Phi) is 3.15. The van der Waals surface area contributed by atoms with Gasteiger partial charge in [-0.05, 0) is 17.7 Å². The molecule has 0 spiro atoms. The molecule has 0 amide bonds.